The van der Waals surface area contributed by atoms with E-state index in [1.54, 1.807) is 6.92 Å². The first-order valence-corrected chi connectivity index (χ1v) is 14.6. The van der Waals surface area contributed by atoms with Crippen LogP contribution in [0.4, 0.5) is 0 Å². The van der Waals surface area contributed by atoms with Crippen molar-refractivity contribution in [1.82, 2.24) is 10.2 Å². The van der Waals surface area contributed by atoms with Gasteiger partial charge in [0.15, 0.2) is 0 Å². The smallest absolute Gasteiger partial charge is 0.236 e. The average Bonchev–Trinajstić information content (AvgIpc) is 3.60. The summed E-state index contributed by atoms with van der Waals surface area (Å²) in [4.78, 5) is 15.3. The third kappa shape index (κ3) is 7.18. The van der Waals surface area contributed by atoms with Crippen molar-refractivity contribution in [2.24, 2.45) is 5.73 Å². The van der Waals surface area contributed by atoms with Gasteiger partial charge in [-0.25, -0.2) is 0 Å². The first kappa shape index (κ1) is 27.2. The van der Waals surface area contributed by atoms with E-state index >= 15 is 0 Å². The summed E-state index contributed by atoms with van der Waals surface area (Å²) in [5.74, 6) is 1.53. The molecule has 1 aliphatic heterocycles. The normalized spacial score (nSPS) is 14.4. The van der Waals surface area contributed by atoms with Gasteiger partial charge < -0.3 is 20.5 Å². The third-order valence-electron chi connectivity index (χ3n) is 7.08. The molecular formula is C32H37N3O3S. The third-order valence-corrected chi connectivity index (χ3v) is 8.34. The molecule has 1 saturated heterocycles. The largest absolute Gasteiger partial charge is 0.492 e. The second-order valence-electron chi connectivity index (χ2n) is 10.1. The summed E-state index contributed by atoms with van der Waals surface area (Å²) in [7, 11) is 0. The summed E-state index contributed by atoms with van der Waals surface area (Å²) in [6, 6.07) is 24.9. The average molecular weight is 544 g/mol. The van der Waals surface area contributed by atoms with E-state index in [1.165, 1.54) is 57.6 Å². The van der Waals surface area contributed by atoms with Gasteiger partial charge in [-0.3, -0.25) is 9.69 Å². The molecular weight excluding hydrogens is 506 g/mol. The first-order chi connectivity index (χ1) is 19.1. The number of nitrogens with zero attached hydrogens (tertiary/aromatic N) is 1. The van der Waals surface area contributed by atoms with Crippen LogP contribution >= 0.6 is 11.3 Å². The van der Waals surface area contributed by atoms with Crippen LogP contribution in [-0.2, 0) is 11.2 Å². The number of carbonyl (C=O) groups is 1. The monoisotopic (exact) mass is 543 g/mol. The lowest BCUT2D eigenvalue weighted by Gasteiger charge is -2.15. The van der Waals surface area contributed by atoms with E-state index in [9.17, 15) is 4.79 Å². The lowest BCUT2D eigenvalue weighted by molar-refractivity contribution is -0.122. The van der Waals surface area contributed by atoms with Crippen molar-refractivity contribution >= 4 is 27.3 Å². The van der Waals surface area contributed by atoms with Crippen molar-refractivity contribution in [3.05, 3.63) is 83.9 Å². The molecule has 6 nitrogen and oxygen atoms in total. The number of carbonyl (C=O) groups excluding carboxylic acids is 1. The molecule has 1 fully saturated rings. The Kier molecular flexibility index (Phi) is 9.14. The Bertz CT molecular complexity index is 1360. The zero-order chi connectivity index (χ0) is 27.0. The molecule has 0 aliphatic carbocycles. The lowest BCUT2D eigenvalue weighted by atomic mass is 9.99. The number of hydrogen-bond donors (Lipinski definition) is 2. The maximum absolute atomic E-state index is 11.6. The van der Waals surface area contributed by atoms with Crippen LogP contribution in [0.2, 0.25) is 0 Å². The quantitative estimate of drug-likeness (QED) is 0.232. The number of amides is 1. The molecule has 39 heavy (non-hydrogen) atoms. The minimum atomic E-state index is -0.518. The number of thiophene rings is 1. The van der Waals surface area contributed by atoms with Gasteiger partial charge in [0.25, 0.3) is 0 Å². The number of likely N-dealkylation sites (tertiary alicyclic amines) is 1. The molecule has 3 aromatic carbocycles. The molecule has 1 aliphatic rings. The van der Waals surface area contributed by atoms with E-state index in [0.717, 1.165) is 31.1 Å². The minimum Gasteiger partial charge on any atom is -0.492 e. The molecule has 0 unspecified atom stereocenters. The number of rotatable bonds is 12. The van der Waals surface area contributed by atoms with Gasteiger partial charge in [0.1, 0.15) is 24.7 Å². The fourth-order valence-electron chi connectivity index (χ4n) is 4.92. The maximum Gasteiger partial charge on any atom is 0.236 e. The van der Waals surface area contributed by atoms with Crippen LogP contribution in [0.3, 0.4) is 0 Å². The number of nitrogens with one attached hydrogen (secondary N) is 1. The Morgan fingerprint density at radius 3 is 2.33 bits per heavy atom. The van der Waals surface area contributed by atoms with Gasteiger partial charge in [0.05, 0.1) is 12.6 Å². The topological polar surface area (TPSA) is 76.8 Å². The van der Waals surface area contributed by atoms with Gasteiger partial charge >= 0.3 is 0 Å². The second kappa shape index (κ2) is 13.1. The van der Waals surface area contributed by atoms with Crippen molar-refractivity contribution in [2.75, 3.05) is 39.4 Å². The van der Waals surface area contributed by atoms with Crippen LogP contribution in [0.15, 0.2) is 72.8 Å². The molecule has 0 radical (unpaired) electrons. The Morgan fingerprint density at radius 1 is 0.949 bits per heavy atom. The number of hydrogen-bond acceptors (Lipinski definition) is 6. The molecule has 7 heteroatoms. The second-order valence-corrected chi connectivity index (χ2v) is 11.1. The van der Waals surface area contributed by atoms with Crippen molar-refractivity contribution in [3.63, 3.8) is 0 Å². The fourth-order valence-corrected chi connectivity index (χ4v) is 6.15. The van der Waals surface area contributed by atoms with Gasteiger partial charge in [-0.15, -0.1) is 11.3 Å². The summed E-state index contributed by atoms with van der Waals surface area (Å²) in [6.45, 7) is 6.61. The Balaban J connectivity index is 1.25. The zero-order valence-corrected chi connectivity index (χ0v) is 23.3. The van der Waals surface area contributed by atoms with Gasteiger partial charge in [0.2, 0.25) is 5.91 Å². The van der Waals surface area contributed by atoms with Gasteiger partial charge in [-0.05, 0) is 104 Å². The number of nitrogens with two attached hydrogens (primary N) is 1. The molecule has 0 saturated carbocycles. The standard InChI is InChI=1S/C32H37N3O3S/c1-23(33)32(36)34-16-20-37-27-14-10-25(11-15-27)31-29(28-6-2-3-7-30(28)39-31)22-24-8-12-26(13-9-24)38-21-19-35-17-4-5-18-35/h2-3,6-15,23H,4-5,16-22,33H2,1H3,(H,34,36)/t23-/m0/s1. The highest BCUT2D eigenvalue weighted by molar-refractivity contribution is 7.22. The predicted molar refractivity (Wildman–Crippen MR) is 160 cm³/mol. The van der Waals surface area contributed by atoms with Crippen molar-refractivity contribution in [1.29, 1.82) is 0 Å². The molecule has 3 N–H and O–H groups in total. The molecule has 1 aromatic heterocycles. The summed E-state index contributed by atoms with van der Waals surface area (Å²) < 4.78 is 13.1. The molecule has 1 atom stereocenters. The molecule has 1 amide bonds. The van der Waals surface area contributed by atoms with Crippen LogP contribution in [0, 0.1) is 0 Å². The van der Waals surface area contributed by atoms with E-state index < -0.39 is 6.04 Å². The fraction of sp³-hybridized carbons (Fsp3) is 0.344. The van der Waals surface area contributed by atoms with Crippen LogP contribution in [0.1, 0.15) is 30.9 Å². The Morgan fingerprint density at radius 2 is 1.62 bits per heavy atom. The number of benzene rings is 3. The van der Waals surface area contributed by atoms with Crippen molar-refractivity contribution in [3.8, 4) is 21.9 Å². The molecule has 2 heterocycles. The van der Waals surface area contributed by atoms with Gasteiger partial charge in [-0.2, -0.15) is 0 Å². The number of fused-ring (bicyclic) bond motifs is 1. The highest BCUT2D eigenvalue weighted by atomic mass is 32.1. The lowest BCUT2D eigenvalue weighted by Crippen LogP contribution is -2.40. The van der Waals surface area contributed by atoms with Gasteiger partial charge in [-0.1, -0.05) is 30.3 Å². The van der Waals surface area contributed by atoms with Crippen molar-refractivity contribution in [2.45, 2.75) is 32.2 Å². The molecule has 0 spiro atoms. The Hall–Kier alpha value is -3.39. The summed E-state index contributed by atoms with van der Waals surface area (Å²) in [5.41, 5.74) is 9.35. The highest BCUT2D eigenvalue weighted by Gasteiger charge is 2.15. The van der Waals surface area contributed by atoms with E-state index in [4.69, 9.17) is 15.2 Å². The number of ether oxygens (including phenoxy) is 2. The van der Waals surface area contributed by atoms with Crippen LogP contribution in [0.5, 0.6) is 11.5 Å². The van der Waals surface area contributed by atoms with Gasteiger partial charge in [0, 0.05) is 16.1 Å². The minimum absolute atomic E-state index is 0.175. The SMILES string of the molecule is C[C@H](N)C(=O)NCCOc1ccc(-c2sc3ccccc3c2Cc2ccc(OCCN3CCCC3)cc2)cc1. The molecule has 204 valence electrons. The first-order valence-electron chi connectivity index (χ1n) is 13.8. The van der Waals surface area contributed by atoms with E-state index in [-0.39, 0.29) is 5.91 Å². The molecule has 0 bridgehead atoms. The zero-order valence-electron chi connectivity index (χ0n) is 22.5. The predicted octanol–water partition coefficient (Wildman–Crippen LogP) is 5.48. The maximum atomic E-state index is 11.6. The van der Waals surface area contributed by atoms with Crippen LogP contribution < -0.4 is 20.5 Å². The Labute approximate surface area is 234 Å². The molecule has 4 aromatic rings. The van der Waals surface area contributed by atoms with Crippen LogP contribution in [-0.4, -0.2) is 56.2 Å². The summed E-state index contributed by atoms with van der Waals surface area (Å²) in [5, 5.41) is 4.06. The summed E-state index contributed by atoms with van der Waals surface area (Å²) in [6.07, 6.45) is 3.47. The van der Waals surface area contributed by atoms with E-state index in [2.05, 4.69) is 70.9 Å². The molecule has 5 rings (SSSR count). The van der Waals surface area contributed by atoms with Crippen molar-refractivity contribution < 1.29 is 14.3 Å². The summed E-state index contributed by atoms with van der Waals surface area (Å²) >= 11 is 1.83. The highest BCUT2D eigenvalue weighted by Crippen LogP contribution is 2.40. The van der Waals surface area contributed by atoms with Crippen LogP contribution in [0.25, 0.3) is 20.5 Å². The van der Waals surface area contributed by atoms with E-state index in [1.807, 2.05) is 23.5 Å². The van der Waals surface area contributed by atoms with E-state index in [0.29, 0.717) is 13.2 Å².